The number of benzene rings is 2. The molecule has 0 bridgehead atoms. The number of aromatic nitrogens is 1. The maximum Gasteiger partial charge on any atom is 0.295 e. The Morgan fingerprint density at radius 3 is 2.67 bits per heavy atom. The average Bonchev–Trinajstić information content (AvgIpc) is 3.05. The van der Waals surface area contributed by atoms with Crippen LogP contribution in [0.15, 0.2) is 77.0 Å². The molecule has 2 aromatic carbocycles. The van der Waals surface area contributed by atoms with Gasteiger partial charge < -0.3 is 14.7 Å². The molecular formula is C25H20BrClN2O4. The fourth-order valence-corrected chi connectivity index (χ4v) is 4.48. The zero-order chi connectivity index (χ0) is 23.5. The fourth-order valence-electron chi connectivity index (χ4n) is 3.83. The average molecular weight is 528 g/mol. The first kappa shape index (κ1) is 23.0. The number of halogens is 2. The Morgan fingerprint density at radius 2 is 2.00 bits per heavy atom. The minimum absolute atomic E-state index is 0.00205. The molecule has 0 radical (unpaired) electrons. The summed E-state index contributed by atoms with van der Waals surface area (Å²) < 4.78 is 6.24. The van der Waals surface area contributed by atoms with Crippen LogP contribution in [-0.4, -0.2) is 33.3 Å². The van der Waals surface area contributed by atoms with E-state index in [0.29, 0.717) is 28.5 Å². The second-order valence-electron chi connectivity index (χ2n) is 7.42. The minimum atomic E-state index is -0.784. The van der Waals surface area contributed by atoms with Crippen molar-refractivity contribution in [2.45, 2.75) is 19.5 Å². The standard InChI is InChI=1S/C25H20BrClN2O4/c1-2-33-20-9-8-17(12-19(20)27)23(30)21-22(16-6-3-7-18(26)11-16)29(25(32)24(21)31)14-15-5-4-10-28-13-15/h3-13,22,30H,2,14H2,1H3/b23-21+/t22-/m1/s1. The predicted octanol–water partition coefficient (Wildman–Crippen LogP) is 5.52. The van der Waals surface area contributed by atoms with Gasteiger partial charge in [-0.05, 0) is 54.4 Å². The monoisotopic (exact) mass is 526 g/mol. The van der Waals surface area contributed by atoms with E-state index < -0.39 is 17.7 Å². The van der Waals surface area contributed by atoms with Gasteiger partial charge in [0.2, 0.25) is 0 Å². The van der Waals surface area contributed by atoms with Crippen LogP contribution >= 0.6 is 27.5 Å². The first-order chi connectivity index (χ1) is 15.9. The lowest BCUT2D eigenvalue weighted by molar-refractivity contribution is -0.140. The first-order valence-electron chi connectivity index (χ1n) is 10.3. The van der Waals surface area contributed by atoms with Crippen molar-refractivity contribution >= 4 is 45.0 Å². The van der Waals surface area contributed by atoms with Crippen molar-refractivity contribution in [2.24, 2.45) is 0 Å². The lowest BCUT2D eigenvalue weighted by atomic mass is 9.95. The quantitative estimate of drug-likeness (QED) is 0.259. The first-order valence-corrected chi connectivity index (χ1v) is 11.4. The summed E-state index contributed by atoms with van der Waals surface area (Å²) in [6.45, 7) is 2.44. The number of likely N-dealkylation sites (tertiary alicyclic amines) is 1. The van der Waals surface area contributed by atoms with Gasteiger partial charge >= 0.3 is 0 Å². The van der Waals surface area contributed by atoms with E-state index in [4.69, 9.17) is 16.3 Å². The third-order valence-electron chi connectivity index (χ3n) is 5.29. The van der Waals surface area contributed by atoms with Crippen molar-refractivity contribution in [3.63, 3.8) is 0 Å². The number of pyridine rings is 1. The van der Waals surface area contributed by atoms with Crippen LogP contribution in [0, 0.1) is 0 Å². The number of rotatable bonds is 6. The van der Waals surface area contributed by atoms with Gasteiger partial charge in [-0.25, -0.2) is 0 Å². The molecule has 1 aromatic heterocycles. The van der Waals surface area contributed by atoms with Crippen molar-refractivity contribution in [1.29, 1.82) is 0 Å². The van der Waals surface area contributed by atoms with E-state index in [-0.39, 0.29) is 17.9 Å². The summed E-state index contributed by atoms with van der Waals surface area (Å²) in [7, 11) is 0. The van der Waals surface area contributed by atoms with E-state index in [1.165, 1.54) is 11.0 Å². The van der Waals surface area contributed by atoms with Gasteiger partial charge in [0.25, 0.3) is 11.7 Å². The number of Topliss-reactive ketones (excluding diaryl/α,β-unsaturated/α-hetero) is 1. The van der Waals surface area contributed by atoms with Gasteiger partial charge in [0.1, 0.15) is 11.5 Å². The number of ether oxygens (including phenoxy) is 1. The van der Waals surface area contributed by atoms with E-state index in [2.05, 4.69) is 20.9 Å². The molecular weight excluding hydrogens is 508 g/mol. The molecule has 0 aliphatic carbocycles. The summed E-state index contributed by atoms with van der Waals surface area (Å²) >= 11 is 9.75. The predicted molar refractivity (Wildman–Crippen MR) is 129 cm³/mol. The highest BCUT2D eigenvalue weighted by Crippen LogP contribution is 2.41. The molecule has 1 saturated heterocycles. The number of aliphatic hydroxyl groups excluding tert-OH is 1. The molecule has 4 rings (SSSR count). The van der Waals surface area contributed by atoms with Crippen molar-refractivity contribution < 1.29 is 19.4 Å². The van der Waals surface area contributed by atoms with Gasteiger partial charge in [0.05, 0.1) is 23.2 Å². The Labute approximate surface area is 204 Å². The van der Waals surface area contributed by atoms with Gasteiger partial charge in [-0.15, -0.1) is 0 Å². The van der Waals surface area contributed by atoms with Crippen molar-refractivity contribution in [1.82, 2.24) is 9.88 Å². The van der Waals surface area contributed by atoms with Crippen LogP contribution < -0.4 is 4.74 Å². The lowest BCUT2D eigenvalue weighted by Crippen LogP contribution is -2.29. The molecule has 8 heteroatoms. The van der Waals surface area contributed by atoms with Crippen molar-refractivity contribution in [3.05, 3.63) is 98.7 Å². The number of carbonyl (C=O) groups excluding carboxylic acids is 2. The zero-order valence-electron chi connectivity index (χ0n) is 17.7. The van der Waals surface area contributed by atoms with Crippen molar-refractivity contribution in [2.75, 3.05) is 6.61 Å². The molecule has 2 heterocycles. The molecule has 1 N–H and O–H groups in total. The maximum atomic E-state index is 13.1. The maximum absolute atomic E-state index is 13.1. The van der Waals surface area contributed by atoms with Crippen LogP contribution in [0.4, 0.5) is 0 Å². The fraction of sp³-hybridized carbons (Fsp3) is 0.160. The summed E-state index contributed by atoms with van der Waals surface area (Å²) in [6, 6.07) is 14.9. The van der Waals surface area contributed by atoms with Crippen LogP contribution in [0.3, 0.4) is 0 Å². The smallest absolute Gasteiger partial charge is 0.295 e. The molecule has 1 fully saturated rings. The molecule has 0 saturated carbocycles. The SMILES string of the molecule is CCOc1ccc(/C(O)=C2\C(=O)C(=O)N(Cc3cccnc3)[C@@H]2c2cccc(Br)c2)cc1Cl. The Bertz CT molecular complexity index is 1250. The molecule has 3 aromatic rings. The number of hydrogen-bond donors (Lipinski definition) is 1. The van der Waals surface area contributed by atoms with E-state index >= 15 is 0 Å². The van der Waals surface area contributed by atoms with E-state index in [9.17, 15) is 14.7 Å². The van der Waals surface area contributed by atoms with Crippen LogP contribution in [0.5, 0.6) is 5.75 Å². The van der Waals surface area contributed by atoms with Crippen LogP contribution in [0.25, 0.3) is 5.76 Å². The molecule has 33 heavy (non-hydrogen) atoms. The van der Waals surface area contributed by atoms with Crippen LogP contribution in [0.2, 0.25) is 5.02 Å². The largest absolute Gasteiger partial charge is 0.507 e. The lowest BCUT2D eigenvalue weighted by Gasteiger charge is -2.25. The second kappa shape index (κ2) is 9.77. The van der Waals surface area contributed by atoms with Crippen LogP contribution in [0.1, 0.15) is 29.7 Å². The summed E-state index contributed by atoms with van der Waals surface area (Å²) in [5, 5.41) is 11.5. The topological polar surface area (TPSA) is 79.7 Å². The second-order valence-corrected chi connectivity index (χ2v) is 8.74. The Hall–Kier alpha value is -3.16. The number of ketones is 1. The number of aliphatic hydroxyl groups is 1. The number of hydrogen-bond acceptors (Lipinski definition) is 5. The molecule has 1 aliphatic heterocycles. The zero-order valence-corrected chi connectivity index (χ0v) is 20.0. The van der Waals surface area contributed by atoms with Gasteiger partial charge in [-0.2, -0.15) is 0 Å². The van der Waals surface area contributed by atoms with E-state index in [1.807, 2.05) is 37.3 Å². The van der Waals surface area contributed by atoms with Gasteiger partial charge in [-0.1, -0.05) is 45.7 Å². The third kappa shape index (κ3) is 4.65. The molecule has 6 nitrogen and oxygen atoms in total. The molecule has 0 unspecified atom stereocenters. The van der Waals surface area contributed by atoms with Crippen LogP contribution in [-0.2, 0) is 16.1 Å². The molecule has 1 amide bonds. The summed E-state index contributed by atoms with van der Waals surface area (Å²) in [5.41, 5.74) is 1.78. The number of amides is 1. The van der Waals surface area contributed by atoms with E-state index in [1.54, 1.807) is 30.6 Å². The summed E-state index contributed by atoms with van der Waals surface area (Å²) in [6.07, 6.45) is 3.28. The normalized spacial score (nSPS) is 17.4. The third-order valence-corrected chi connectivity index (χ3v) is 6.07. The summed E-state index contributed by atoms with van der Waals surface area (Å²) in [4.78, 5) is 31.8. The molecule has 1 atom stereocenters. The Morgan fingerprint density at radius 1 is 1.18 bits per heavy atom. The molecule has 0 spiro atoms. The van der Waals surface area contributed by atoms with Crippen molar-refractivity contribution in [3.8, 4) is 5.75 Å². The Balaban J connectivity index is 1.85. The highest BCUT2D eigenvalue weighted by atomic mass is 79.9. The highest BCUT2D eigenvalue weighted by Gasteiger charge is 2.46. The number of carbonyl (C=O) groups is 2. The Kier molecular flexibility index (Phi) is 6.81. The summed E-state index contributed by atoms with van der Waals surface area (Å²) in [5.74, 6) is -1.28. The van der Waals surface area contributed by atoms with Gasteiger partial charge in [-0.3, -0.25) is 14.6 Å². The minimum Gasteiger partial charge on any atom is -0.507 e. The number of nitrogens with zero attached hydrogens (tertiary/aromatic N) is 2. The van der Waals surface area contributed by atoms with Gasteiger partial charge in [0, 0.05) is 29.0 Å². The molecule has 168 valence electrons. The molecule has 1 aliphatic rings. The van der Waals surface area contributed by atoms with E-state index in [0.717, 1.165) is 10.0 Å². The highest BCUT2D eigenvalue weighted by molar-refractivity contribution is 9.10. The van der Waals surface area contributed by atoms with Gasteiger partial charge in [0.15, 0.2) is 0 Å².